The molecule has 0 heterocycles. The first-order valence-electron chi connectivity index (χ1n) is 4.23. The molecule has 0 saturated carbocycles. The van der Waals surface area contributed by atoms with Gasteiger partial charge in [-0.05, 0) is 24.1 Å². The zero-order valence-electron chi connectivity index (χ0n) is 7.70. The second kappa shape index (κ2) is 5.62. The molecule has 0 radical (unpaired) electrons. The summed E-state index contributed by atoms with van der Waals surface area (Å²) in [6.07, 6.45) is 0.849. The van der Waals surface area contributed by atoms with Gasteiger partial charge in [0.05, 0.1) is 0 Å². The number of hydrazine groups is 1. The van der Waals surface area contributed by atoms with Gasteiger partial charge in [-0.1, -0.05) is 28.1 Å². The first-order valence-corrected chi connectivity index (χ1v) is 5.02. The fraction of sp³-hybridized carbons (Fsp3) is 0.222. The van der Waals surface area contributed by atoms with E-state index < -0.39 is 0 Å². The maximum absolute atomic E-state index is 5.37. The summed E-state index contributed by atoms with van der Waals surface area (Å²) >= 11 is 3.40. The molecule has 4 nitrogen and oxygen atoms in total. The van der Waals surface area contributed by atoms with Gasteiger partial charge in [-0.15, -0.1) is 0 Å². The van der Waals surface area contributed by atoms with Crippen LogP contribution >= 0.6 is 15.9 Å². The first kappa shape index (κ1) is 11.0. The van der Waals surface area contributed by atoms with Crippen LogP contribution in [0.4, 0.5) is 0 Å². The lowest BCUT2D eigenvalue weighted by Crippen LogP contribution is -2.37. The fourth-order valence-electron chi connectivity index (χ4n) is 1.04. The molecule has 0 amide bonds. The van der Waals surface area contributed by atoms with Gasteiger partial charge in [0.2, 0.25) is 5.96 Å². The molecule has 0 aliphatic rings. The molecule has 0 atom stereocenters. The zero-order chi connectivity index (χ0) is 10.4. The number of hydrogen-bond donors (Lipinski definition) is 3. The average Bonchev–Trinajstić information content (AvgIpc) is 2.17. The largest absolute Gasteiger partial charge is 0.369 e. The smallest absolute Gasteiger partial charge is 0.203 e. The predicted molar refractivity (Wildman–Crippen MR) is 61.7 cm³/mol. The van der Waals surface area contributed by atoms with E-state index in [1.165, 1.54) is 5.56 Å². The maximum Gasteiger partial charge on any atom is 0.203 e. The molecule has 14 heavy (non-hydrogen) atoms. The summed E-state index contributed by atoms with van der Waals surface area (Å²) in [6, 6.07) is 8.09. The summed E-state index contributed by atoms with van der Waals surface area (Å²) in [5.41, 5.74) is 8.87. The van der Waals surface area contributed by atoms with Gasteiger partial charge in [0.25, 0.3) is 0 Å². The average molecular weight is 257 g/mol. The topological polar surface area (TPSA) is 76.4 Å². The van der Waals surface area contributed by atoms with Gasteiger partial charge in [0.15, 0.2) is 0 Å². The summed E-state index contributed by atoms with van der Waals surface area (Å²) in [4.78, 5) is 4.01. The van der Waals surface area contributed by atoms with E-state index in [9.17, 15) is 0 Å². The lowest BCUT2D eigenvalue weighted by molar-refractivity contribution is 0.923. The van der Waals surface area contributed by atoms with E-state index in [0.717, 1.165) is 10.9 Å². The summed E-state index contributed by atoms with van der Waals surface area (Å²) < 4.78 is 1.07. The minimum atomic E-state index is 0.264. The Morgan fingerprint density at radius 3 is 2.93 bits per heavy atom. The summed E-state index contributed by atoms with van der Waals surface area (Å²) in [6.45, 7) is 0.631. The summed E-state index contributed by atoms with van der Waals surface area (Å²) in [5, 5.41) is 0. The summed E-state index contributed by atoms with van der Waals surface area (Å²) in [5.74, 6) is 5.33. The molecular weight excluding hydrogens is 244 g/mol. The van der Waals surface area contributed by atoms with Crippen LogP contribution in [-0.4, -0.2) is 12.5 Å². The molecule has 0 aromatic heterocycles. The molecule has 5 N–H and O–H groups in total. The van der Waals surface area contributed by atoms with Gasteiger partial charge < -0.3 is 5.73 Å². The number of nitrogens with two attached hydrogens (primary N) is 2. The monoisotopic (exact) mass is 256 g/mol. The maximum atomic E-state index is 5.37. The van der Waals surface area contributed by atoms with Crippen LogP contribution in [0.5, 0.6) is 0 Å². The van der Waals surface area contributed by atoms with Crippen molar-refractivity contribution in [2.24, 2.45) is 16.6 Å². The Bertz CT molecular complexity index is 324. The van der Waals surface area contributed by atoms with Crippen molar-refractivity contribution < 1.29 is 0 Å². The lowest BCUT2D eigenvalue weighted by Gasteiger charge is -2.00. The molecule has 1 aromatic rings. The van der Waals surface area contributed by atoms with Crippen LogP contribution in [-0.2, 0) is 6.42 Å². The van der Waals surface area contributed by atoms with Gasteiger partial charge >= 0.3 is 0 Å². The number of nitrogens with zero attached hydrogens (tertiary/aromatic N) is 1. The van der Waals surface area contributed by atoms with Gasteiger partial charge in [-0.25, -0.2) is 5.84 Å². The Hall–Kier alpha value is -1.07. The van der Waals surface area contributed by atoms with Crippen molar-refractivity contribution in [3.05, 3.63) is 34.3 Å². The number of halogens is 1. The number of hydrogen-bond acceptors (Lipinski definition) is 2. The molecule has 0 aliphatic heterocycles. The van der Waals surface area contributed by atoms with Crippen molar-refractivity contribution in [2.45, 2.75) is 6.42 Å². The van der Waals surface area contributed by atoms with Crippen LogP contribution in [0.2, 0.25) is 0 Å². The molecule has 0 fully saturated rings. The number of nitrogens with one attached hydrogen (secondary N) is 1. The summed E-state index contributed by atoms with van der Waals surface area (Å²) in [7, 11) is 0. The van der Waals surface area contributed by atoms with Gasteiger partial charge in [0.1, 0.15) is 0 Å². The Kier molecular flexibility index (Phi) is 4.42. The highest BCUT2D eigenvalue weighted by atomic mass is 79.9. The molecule has 1 aromatic carbocycles. The molecule has 76 valence electrons. The van der Waals surface area contributed by atoms with Crippen molar-refractivity contribution >= 4 is 21.9 Å². The molecule has 0 spiro atoms. The molecule has 5 heteroatoms. The van der Waals surface area contributed by atoms with E-state index in [1.54, 1.807) is 0 Å². The van der Waals surface area contributed by atoms with E-state index >= 15 is 0 Å². The Labute approximate surface area is 91.5 Å². The molecular formula is C9H13BrN4. The van der Waals surface area contributed by atoms with Crippen LogP contribution in [0.3, 0.4) is 0 Å². The first-order chi connectivity index (χ1) is 6.72. The zero-order valence-corrected chi connectivity index (χ0v) is 9.29. The number of benzene rings is 1. The fourth-order valence-corrected chi connectivity index (χ4v) is 1.49. The van der Waals surface area contributed by atoms with Crippen molar-refractivity contribution in [3.8, 4) is 0 Å². The second-order valence-electron chi connectivity index (χ2n) is 2.79. The van der Waals surface area contributed by atoms with Crippen molar-refractivity contribution in [3.63, 3.8) is 0 Å². The highest BCUT2D eigenvalue weighted by Gasteiger charge is 1.93. The third-order valence-corrected chi connectivity index (χ3v) is 2.21. The second-order valence-corrected chi connectivity index (χ2v) is 3.71. The third-order valence-electron chi connectivity index (χ3n) is 1.72. The van der Waals surface area contributed by atoms with Gasteiger partial charge in [-0.2, -0.15) is 0 Å². The van der Waals surface area contributed by atoms with Crippen molar-refractivity contribution in [2.75, 3.05) is 6.54 Å². The highest BCUT2D eigenvalue weighted by Crippen LogP contribution is 2.11. The van der Waals surface area contributed by atoms with Gasteiger partial charge in [-0.3, -0.25) is 10.4 Å². The molecule has 0 aliphatic carbocycles. The molecule has 1 rings (SSSR count). The van der Waals surface area contributed by atoms with E-state index in [4.69, 9.17) is 11.6 Å². The van der Waals surface area contributed by atoms with Crippen LogP contribution in [0.25, 0.3) is 0 Å². The lowest BCUT2D eigenvalue weighted by atomic mass is 10.2. The number of rotatable bonds is 3. The third kappa shape index (κ3) is 3.76. The van der Waals surface area contributed by atoms with Crippen LogP contribution < -0.4 is 17.0 Å². The van der Waals surface area contributed by atoms with Crippen LogP contribution in [0.15, 0.2) is 33.7 Å². The predicted octanol–water partition coefficient (Wildman–Crippen LogP) is 0.770. The van der Waals surface area contributed by atoms with Crippen LogP contribution in [0.1, 0.15) is 5.56 Å². The minimum absolute atomic E-state index is 0.264. The van der Waals surface area contributed by atoms with E-state index in [1.807, 2.05) is 18.2 Å². The minimum Gasteiger partial charge on any atom is -0.369 e. The Morgan fingerprint density at radius 1 is 1.50 bits per heavy atom. The highest BCUT2D eigenvalue weighted by molar-refractivity contribution is 9.10. The molecule has 0 unspecified atom stereocenters. The van der Waals surface area contributed by atoms with Crippen molar-refractivity contribution in [1.29, 1.82) is 0 Å². The number of guanidine groups is 1. The van der Waals surface area contributed by atoms with E-state index in [0.29, 0.717) is 6.54 Å². The van der Waals surface area contributed by atoms with E-state index in [-0.39, 0.29) is 5.96 Å². The van der Waals surface area contributed by atoms with Crippen LogP contribution in [0, 0.1) is 0 Å². The van der Waals surface area contributed by atoms with Gasteiger partial charge in [0, 0.05) is 11.0 Å². The standard InChI is InChI=1S/C9H13BrN4/c10-8-3-1-2-7(6-8)4-5-13-9(11)14-12/h1-3,6H,4-5,12H2,(H3,11,13,14). The normalized spacial score (nSPS) is 11.4. The SMILES string of the molecule is NNC(N)=NCCc1cccc(Br)c1. The number of aliphatic imine (C=N–C) groups is 1. The van der Waals surface area contributed by atoms with Crippen molar-refractivity contribution in [1.82, 2.24) is 5.43 Å². The quantitative estimate of drug-likeness (QED) is 0.324. The molecule has 0 saturated heterocycles. The Balaban J connectivity index is 2.46. The van der Waals surface area contributed by atoms with E-state index in [2.05, 4.69) is 32.4 Å². The molecule has 0 bridgehead atoms. The Morgan fingerprint density at radius 2 is 2.29 bits per heavy atom.